The van der Waals surface area contributed by atoms with Gasteiger partial charge in [0.2, 0.25) is 5.88 Å². The fourth-order valence-electron chi connectivity index (χ4n) is 0.992. The van der Waals surface area contributed by atoms with Crippen LogP contribution in [0.15, 0.2) is 10.7 Å². The van der Waals surface area contributed by atoms with Crippen LogP contribution in [0, 0.1) is 19.3 Å². The van der Waals surface area contributed by atoms with E-state index in [0.29, 0.717) is 16.3 Å². The molecule has 0 aliphatic rings. The molecule has 0 fully saturated rings. The van der Waals surface area contributed by atoms with Gasteiger partial charge in [-0.3, -0.25) is 0 Å². The third-order valence-corrected chi connectivity index (χ3v) is 2.50. The molecule has 0 saturated heterocycles. The third kappa shape index (κ3) is 3.21. The maximum Gasteiger partial charge on any atom is 0.219 e. The highest BCUT2D eigenvalue weighted by atomic mass is 79.9. The number of rotatable bonds is 3. The molecule has 3 nitrogen and oxygen atoms in total. The smallest absolute Gasteiger partial charge is 0.219 e. The molecule has 0 aromatic carbocycles. The van der Waals surface area contributed by atoms with Crippen LogP contribution in [0.1, 0.15) is 26.1 Å². The van der Waals surface area contributed by atoms with Crippen LogP contribution in [0.25, 0.3) is 0 Å². The number of nitrogens with zero attached hydrogens (tertiary/aromatic N) is 2. The van der Waals surface area contributed by atoms with E-state index in [-0.39, 0.29) is 0 Å². The van der Waals surface area contributed by atoms with Gasteiger partial charge >= 0.3 is 0 Å². The lowest BCUT2D eigenvalue weighted by Gasteiger charge is -2.22. The van der Waals surface area contributed by atoms with Gasteiger partial charge in [-0.2, -0.15) is 4.98 Å². The zero-order chi connectivity index (χ0) is 11.5. The number of aryl methyl sites for hydroxylation is 1. The summed E-state index contributed by atoms with van der Waals surface area (Å²) in [6, 6.07) is 1.71. The Morgan fingerprint density at radius 3 is 2.73 bits per heavy atom. The molecular formula is C11H13BrN2O. The molecule has 4 heteroatoms. The van der Waals surface area contributed by atoms with Crippen LogP contribution < -0.4 is 4.74 Å². The molecule has 1 rings (SSSR count). The Hall–Kier alpha value is -1.08. The van der Waals surface area contributed by atoms with E-state index in [9.17, 15) is 0 Å². The summed E-state index contributed by atoms with van der Waals surface area (Å²) in [6.07, 6.45) is 6.14. The zero-order valence-electron chi connectivity index (χ0n) is 9.04. The van der Waals surface area contributed by atoms with Crippen LogP contribution in [0.4, 0.5) is 0 Å². The van der Waals surface area contributed by atoms with E-state index in [1.165, 1.54) is 0 Å². The molecule has 0 N–H and O–H groups in total. The number of aromatic nitrogens is 2. The van der Waals surface area contributed by atoms with Crippen molar-refractivity contribution in [2.75, 3.05) is 0 Å². The van der Waals surface area contributed by atoms with Crippen molar-refractivity contribution in [3.8, 4) is 18.2 Å². The van der Waals surface area contributed by atoms with Crippen molar-refractivity contribution in [3.05, 3.63) is 16.5 Å². The SMILES string of the molecule is C#CC(C)(CC)Oc1cc(Br)nc(C)n1. The monoisotopic (exact) mass is 268 g/mol. The van der Waals surface area contributed by atoms with Gasteiger partial charge in [0.15, 0.2) is 5.60 Å². The van der Waals surface area contributed by atoms with Crippen molar-refractivity contribution < 1.29 is 4.74 Å². The highest BCUT2D eigenvalue weighted by Crippen LogP contribution is 2.21. The Morgan fingerprint density at radius 2 is 2.27 bits per heavy atom. The molecule has 0 aliphatic heterocycles. The molecule has 0 aliphatic carbocycles. The summed E-state index contributed by atoms with van der Waals surface area (Å²) in [7, 11) is 0. The van der Waals surface area contributed by atoms with E-state index in [0.717, 1.165) is 6.42 Å². The number of hydrogen-bond acceptors (Lipinski definition) is 3. The maximum atomic E-state index is 5.64. The highest BCUT2D eigenvalue weighted by Gasteiger charge is 2.21. The van der Waals surface area contributed by atoms with Gasteiger partial charge in [-0.05, 0) is 36.2 Å². The average molecular weight is 269 g/mol. The molecule has 1 unspecified atom stereocenters. The number of ether oxygens (including phenoxy) is 1. The van der Waals surface area contributed by atoms with Crippen LogP contribution in [-0.4, -0.2) is 15.6 Å². The topological polar surface area (TPSA) is 35.0 Å². The lowest BCUT2D eigenvalue weighted by Crippen LogP contribution is -2.29. The van der Waals surface area contributed by atoms with E-state index in [1.54, 1.807) is 13.0 Å². The van der Waals surface area contributed by atoms with Crippen molar-refractivity contribution in [3.63, 3.8) is 0 Å². The lowest BCUT2D eigenvalue weighted by atomic mass is 10.1. The summed E-state index contributed by atoms with van der Waals surface area (Å²) < 4.78 is 6.34. The summed E-state index contributed by atoms with van der Waals surface area (Å²) in [6.45, 7) is 5.64. The minimum atomic E-state index is -0.611. The predicted molar refractivity (Wildman–Crippen MR) is 62.6 cm³/mol. The van der Waals surface area contributed by atoms with E-state index < -0.39 is 5.60 Å². The first-order chi connectivity index (χ1) is 6.99. The molecule has 1 heterocycles. The van der Waals surface area contributed by atoms with Gasteiger partial charge in [0.1, 0.15) is 10.4 Å². The standard InChI is InChI=1S/C11H13BrN2O/c1-5-11(4,6-2)15-10-7-9(12)13-8(3)14-10/h1,7H,6H2,2-4H3. The van der Waals surface area contributed by atoms with E-state index >= 15 is 0 Å². The number of terminal acetylenes is 1. The molecule has 0 spiro atoms. The first-order valence-electron chi connectivity index (χ1n) is 4.67. The average Bonchev–Trinajstić information content (AvgIpc) is 2.16. The van der Waals surface area contributed by atoms with Gasteiger partial charge in [0.25, 0.3) is 0 Å². The Bertz CT molecular complexity index is 380. The molecule has 15 heavy (non-hydrogen) atoms. The Kier molecular flexibility index (Phi) is 3.70. The van der Waals surface area contributed by atoms with Crippen molar-refractivity contribution in [2.45, 2.75) is 32.8 Å². The normalized spacial score (nSPS) is 14.1. The highest BCUT2D eigenvalue weighted by molar-refractivity contribution is 9.10. The van der Waals surface area contributed by atoms with E-state index in [1.807, 2.05) is 13.8 Å². The quantitative estimate of drug-likeness (QED) is 0.625. The molecule has 1 aromatic rings. The predicted octanol–water partition coefficient (Wildman–Crippen LogP) is 2.73. The van der Waals surface area contributed by atoms with Gasteiger partial charge in [0, 0.05) is 6.07 Å². The van der Waals surface area contributed by atoms with Crippen LogP contribution in [0.2, 0.25) is 0 Å². The second-order valence-electron chi connectivity index (χ2n) is 3.41. The molecule has 1 atom stereocenters. The fraction of sp³-hybridized carbons (Fsp3) is 0.455. The molecular weight excluding hydrogens is 256 g/mol. The lowest BCUT2D eigenvalue weighted by molar-refractivity contribution is 0.139. The van der Waals surface area contributed by atoms with E-state index in [4.69, 9.17) is 11.2 Å². The van der Waals surface area contributed by atoms with Gasteiger partial charge < -0.3 is 4.74 Å². The molecule has 0 bridgehead atoms. The van der Waals surface area contributed by atoms with Gasteiger partial charge in [-0.1, -0.05) is 12.8 Å². The number of halogens is 1. The van der Waals surface area contributed by atoms with Crippen molar-refractivity contribution in [1.82, 2.24) is 9.97 Å². The van der Waals surface area contributed by atoms with Gasteiger partial charge in [-0.25, -0.2) is 4.98 Å². The molecule has 0 amide bonds. The van der Waals surface area contributed by atoms with Crippen LogP contribution in [0.3, 0.4) is 0 Å². The zero-order valence-corrected chi connectivity index (χ0v) is 10.6. The Labute approximate surface area is 98.4 Å². The van der Waals surface area contributed by atoms with Crippen molar-refractivity contribution in [2.24, 2.45) is 0 Å². The van der Waals surface area contributed by atoms with Gasteiger partial charge in [-0.15, -0.1) is 6.42 Å². The van der Waals surface area contributed by atoms with Gasteiger partial charge in [0.05, 0.1) is 0 Å². The summed E-state index contributed by atoms with van der Waals surface area (Å²) in [5.74, 6) is 3.76. The number of hydrogen-bond donors (Lipinski definition) is 0. The molecule has 0 saturated carbocycles. The minimum absolute atomic E-state index is 0.497. The molecule has 80 valence electrons. The largest absolute Gasteiger partial charge is 0.458 e. The summed E-state index contributed by atoms with van der Waals surface area (Å²) in [4.78, 5) is 8.25. The van der Waals surface area contributed by atoms with Crippen LogP contribution >= 0.6 is 15.9 Å². The maximum absolute atomic E-state index is 5.64. The minimum Gasteiger partial charge on any atom is -0.458 e. The Balaban J connectivity index is 2.95. The first-order valence-corrected chi connectivity index (χ1v) is 5.46. The summed E-state index contributed by atoms with van der Waals surface area (Å²) in [5.41, 5.74) is -0.611. The summed E-state index contributed by atoms with van der Waals surface area (Å²) >= 11 is 3.28. The second-order valence-corrected chi connectivity index (χ2v) is 4.22. The van der Waals surface area contributed by atoms with E-state index in [2.05, 4.69) is 31.8 Å². The van der Waals surface area contributed by atoms with Crippen molar-refractivity contribution in [1.29, 1.82) is 0 Å². The first kappa shape index (κ1) is 12.0. The second kappa shape index (κ2) is 4.63. The van der Waals surface area contributed by atoms with Crippen LogP contribution in [-0.2, 0) is 0 Å². The third-order valence-electron chi connectivity index (χ3n) is 2.09. The summed E-state index contributed by atoms with van der Waals surface area (Å²) in [5, 5.41) is 0. The van der Waals surface area contributed by atoms with Crippen molar-refractivity contribution >= 4 is 15.9 Å². The van der Waals surface area contributed by atoms with Crippen LogP contribution in [0.5, 0.6) is 5.88 Å². The molecule has 1 aromatic heterocycles. The molecule has 0 radical (unpaired) electrons. The Morgan fingerprint density at radius 1 is 1.60 bits per heavy atom. The fourth-order valence-corrected chi connectivity index (χ4v) is 1.44.